The first-order valence-corrected chi connectivity index (χ1v) is 10.2. The van der Waals surface area contributed by atoms with Crippen LogP contribution in [0.15, 0.2) is 54.7 Å². The summed E-state index contributed by atoms with van der Waals surface area (Å²) in [5.74, 6) is 1.77. The van der Waals surface area contributed by atoms with E-state index in [0.29, 0.717) is 6.61 Å². The second-order valence-corrected chi connectivity index (χ2v) is 7.86. The number of fused-ring (bicyclic) bond motifs is 1. The summed E-state index contributed by atoms with van der Waals surface area (Å²) in [6.07, 6.45) is 1.88. The molecule has 4 rings (SSSR count). The van der Waals surface area contributed by atoms with Gasteiger partial charge in [-0.3, -0.25) is 4.98 Å². The average Bonchev–Trinajstić information content (AvgIpc) is 2.99. The molecule has 0 atom stereocenters. The molecular weight excluding hydrogens is 408 g/mol. The minimum absolute atomic E-state index is 0. The average molecular weight is 437 g/mol. The minimum atomic E-state index is 0. The standard InChI is InChI=1S/C26H28N2O2.ClH/c1-17-9-10-25(18(2)13-17)30-16-24-26-23(11-12-27-24)19(3)20(4)28(26)15-21-7-6-8-22(14-21)29-5;/h6-14H,15-16H2,1-5H3;1H. The summed E-state index contributed by atoms with van der Waals surface area (Å²) in [5.41, 5.74) is 8.18. The molecule has 0 aliphatic heterocycles. The molecule has 0 unspecified atom stereocenters. The van der Waals surface area contributed by atoms with E-state index in [1.165, 1.54) is 27.8 Å². The third-order valence-electron chi connectivity index (χ3n) is 5.79. The van der Waals surface area contributed by atoms with Gasteiger partial charge in [0.2, 0.25) is 0 Å². The van der Waals surface area contributed by atoms with Crippen LogP contribution in [0.1, 0.15) is 33.6 Å². The molecule has 0 N–H and O–H groups in total. The Labute approximate surface area is 190 Å². The van der Waals surface area contributed by atoms with E-state index in [9.17, 15) is 0 Å². The lowest BCUT2D eigenvalue weighted by Crippen LogP contribution is -2.07. The van der Waals surface area contributed by atoms with Gasteiger partial charge in [-0.2, -0.15) is 0 Å². The maximum absolute atomic E-state index is 6.18. The second-order valence-electron chi connectivity index (χ2n) is 7.86. The Balaban J connectivity index is 0.00000272. The fraction of sp³-hybridized carbons (Fsp3) is 0.269. The fourth-order valence-electron chi connectivity index (χ4n) is 4.03. The van der Waals surface area contributed by atoms with Crippen molar-refractivity contribution in [3.63, 3.8) is 0 Å². The van der Waals surface area contributed by atoms with Crippen LogP contribution in [0.2, 0.25) is 0 Å². The van der Waals surface area contributed by atoms with Gasteiger partial charge in [-0.1, -0.05) is 29.8 Å². The van der Waals surface area contributed by atoms with Crippen molar-refractivity contribution < 1.29 is 9.47 Å². The van der Waals surface area contributed by atoms with Gasteiger partial charge in [-0.05, 0) is 68.7 Å². The highest BCUT2D eigenvalue weighted by Gasteiger charge is 2.16. The van der Waals surface area contributed by atoms with E-state index in [-0.39, 0.29) is 12.4 Å². The second kappa shape index (κ2) is 9.44. The Morgan fingerprint density at radius 1 is 0.968 bits per heavy atom. The van der Waals surface area contributed by atoms with Crippen LogP contribution in [0.4, 0.5) is 0 Å². The zero-order valence-corrected chi connectivity index (χ0v) is 19.5. The molecule has 0 saturated heterocycles. The summed E-state index contributed by atoms with van der Waals surface area (Å²) in [5, 5.41) is 1.23. The summed E-state index contributed by atoms with van der Waals surface area (Å²) >= 11 is 0. The maximum atomic E-state index is 6.18. The molecular formula is C26H29ClN2O2. The summed E-state index contributed by atoms with van der Waals surface area (Å²) < 4.78 is 13.9. The molecule has 0 aliphatic carbocycles. The lowest BCUT2D eigenvalue weighted by atomic mass is 10.1. The Kier molecular flexibility index (Phi) is 6.91. The van der Waals surface area contributed by atoms with Crippen LogP contribution in [0, 0.1) is 27.7 Å². The van der Waals surface area contributed by atoms with Gasteiger partial charge in [0.05, 0.1) is 12.6 Å². The smallest absolute Gasteiger partial charge is 0.132 e. The van der Waals surface area contributed by atoms with E-state index in [1.54, 1.807) is 7.11 Å². The van der Waals surface area contributed by atoms with Crippen molar-refractivity contribution >= 4 is 23.3 Å². The van der Waals surface area contributed by atoms with Gasteiger partial charge in [-0.25, -0.2) is 0 Å². The molecule has 31 heavy (non-hydrogen) atoms. The molecule has 0 bridgehead atoms. The van der Waals surface area contributed by atoms with E-state index in [2.05, 4.69) is 67.6 Å². The predicted octanol–water partition coefficient (Wildman–Crippen LogP) is 6.33. The van der Waals surface area contributed by atoms with E-state index in [0.717, 1.165) is 34.8 Å². The van der Waals surface area contributed by atoms with Gasteiger partial charge >= 0.3 is 0 Å². The van der Waals surface area contributed by atoms with E-state index >= 15 is 0 Å². The Bertz CT molecular complexity index is 1210. The number of aromatic nitrogens is 2. The summed E-state index contributed by atoms with van der Waals surface area (Å²) in [7, 11) is 1.70. The lowest BCUT2D eigenvalue weighted by molar-refractivity contribution is 0.300. The third kappa shape index (κ3) is 4.54. The van der Waals surface area contributed by atoms with Crippen molar-refractivity contribution in [2.45, 2.75) is 40.8 Å². The van der Waals surface area contributed by atoms with Gasteiger partial charge in [0.15, 0.2) is 0 Å². The first kappa shape index (κ1) is 22.7. The molecule has 0 radical (unpaired) electrons. The minimum Gasteiger partial charge on any atom is -0.497 e. The molecule has 2 aromatic heterocycles. The van der Waals surface area contributed by atoms with Gasteiger partial charge < -0.3 is 14.0 Å². The molecule has 0 aliphatic rings. The van der Waals surface area contributed by atoms with E-state index < -0.39 is 0 Å². The highest BCUT2D eigenvalue weighted by Crippen LogP contribution is 2.29. The first-order valence-electron chi connectivity index (χ1n) is 10.2. The Hall–Kier alpha value is -2.98. The zero-order chi connectivity index (χ0) is 21.3. The molecule has 2 heterocycles. The van der Waals surface area contributed by atoms with Crippen LogP contribution in [0.5, 0.6) is 11.5 Å². The number of rotatable bonds is 6. The molecule has 5 heteroatoms. The van der Waals surface area contributed by atoms with Crippen molar-refractivity contribution in [2.75, 3.05) is 7.11 Å². The third-order valence-corrected chi connectivity index (χ3v) is 5.79. The number of nitrogens with zero attached hydrogens (tertiary/aromatic N) is 2. The number of ether oxygens (including phenoxy) is 2. The summed E-state index contributed by atoms with van der Waals surface area (Å²) in [6.45, 7) is 9.71. The van der Waals surface area contributed by atoms with Crippen molar-refractivity contribution in [1.29, 1.82) is 0 Å². The van der Waals surface area contributed by atoms with Gasteiger partial charge in [0.25, 0.3) is 0 Å². The number of hydrogen-bond acceptors (Lipinski definition) is 3. The van der Waals surface area contributed by atoms with Gasteiger partial charge in [-0.15, -0.1) is 12.4 Å². The zero-order valence-electron chi connectivity index (χ0n) is 18.7. The molecule has 2 aromatic carbocycles. The number of benzene rings is 2. The van der Waals surface area contributed by atoms with Crippen LogP contribution in [0.3, 0.4) is 0 Å². The first-order chi connectivity index (χ1) is 14.5. The molecule has 0 amide bonds. The highest BCUT2D eigenvalue weighted by atomic mass is 35.5. The number of aryl methyl sites for hydroxylation is 3. The largest absolute Gasteiger partial charge is 0.497 e. The van der Waals surface area contributed by atoms with E-state index in [4.69, 9.17) is 9.47 Å². The quantitative estimate of drug-likeness (QED) is 0.354. The topological polar surface area (TPSA) is 36.3 Å². The van der Waals surface area contributed by atoms with Crippen LogP contribution < -0.4 is 9.47 Å². The normalized spacial score (nSPS) is 10.7. The molecule has 4 aromatic rings. The SMILES string of the molecule is COc1cccc(Cn2c(C)c(C)c3ccnc(COc4ccc(C)cc4C)c32)c1.Cl. The number of hydrogen-bond donors (Lipinski definition) is 0. The Morgan fingerprint density at radius 3 is 2.52 bits per heavy atom. The molecule has 0 saturated carbocycles. The number of methoxy groups -OCH3 is 1. The number of pyridine rings is 1. The molecule has 162 valence electrons. The molecule has 4 nitrogen and oxygen atoms in total. The Morgan fingerprint density at radius 2 is 1.77 bits per heavy atom. The van der Waals surface area contributed by atoms with Crippen molar-refractivity contribution in [2.24, 2.45) is 0 Å². The van der Waals surface area contributed by atoms with Gasteiger partial charge in [0, 0.05) is 23.8 Å². The lowest BCUT2D eigenvalue weighted by Gasteiger charge is -2.14. The highest BCUT2D eigenvalue weighted by molar-refractivity contribution is 5.87. The fourth-order valence-corrected chi connectivity index (χ4v) is 4.03. The molecule has 0 spiro atoms. The molecule has 0 fully saturated rings. The summed E-state index contributed by atoms with van der Waals surface area (Å²) in [6, 6.07) is 16.6. The van der Waals surface area contributed by atoms with Crippen molar-refractivity contribution in [3.8, 4) is 11.5 Å². The summed E-state index contributed by atoms with van der Waals surface area (Å²) in [4.78, 5) is 4.69. The van der Waals surface area contributed by atoms with Crippen LogP contribution in [-0.2, 0) is 13.2 Å². The monoisotopic (exact) mass is 436 g/mol. The van der Waals surface area contributed by atoms with Gasteiger partial charge in [0.1, 0.15) is 23.8 Å². The predicted molar refractivity (Wildman–Crippen MR) is 129 cm³/mol. The van der Waals surface area contributed by atoms with Crippen LogP contribution in [0.25, 0.3) is 10.9 Å². The van der Waals surface area contributed by atoms with E-state index in [1.807, 2.05) is 24.4 Å². The maximum Gasteiger partial charge on any atom is 0.132 e. The van der Waals surface area contributed by atoms with Crippen molar-refractivity contribution in [1.82, 2.24) is 9.55 Å². The van der Waals surface area contributed by atoms with Crippen molar-refractivity contribution in [3.05, 3.63) is 88.4 Å². The number of halogens is 1. The van der Waals surface area contributed by atoms with Crippen LogP contribution >= 0.6 is 12.4 Å². The van der Waals surface area contributed by atoms with Crippen LogP contribution in [-0.4, -0.2) is 16.7 Å².